The quantitative estimate of drug-likeness (QED) is 0.255. The number of sulfonamides is 1. The van der Waals surface area contributed by atoms with Crippen molar-refractivity contribution in [2.75, 3.05) is 31.7 Å². The summed E-state index contributed by atoms with van der Waals surface area (Å²) in [6.07, 6.45) is 2.92. The lowest BCUT2D eigenvalue weighted by molar-refractivity contribution is 0.463. The van der Waals surface area contributed by atoms with Crippen molar-refractivity contribution in [2.45, 2.75) is 16.2 Å². The number of anilines is 1. The molecule has 2 heterocycles. The number of fused-ring (bicyclic) bond motifs is 1. The second-order valence-electron chi connectivity index (χ2n) is 8.17. The second kappa shape index (κ2) is 10.2. The van der Waals surface area contributed by atoms with Gasteiger partial charge in [-0.1, -0.05) is 41.9 Å². The maximum atomic E-state index is 13.1. The van der Waals surface area contributed by atoms with E-state index < -0.39 is 19.9 Å². The fourth-order valence-electron chi connectivity index (χ4n) is 3.69. The summed E-state index contributed by atoms with van der Waals surface area (Å²) in [5.74, 6) is 0.611. The van der Waals surface area contributed by atoms with Gasteiger partial charge in [0.2, 0.25) is 10.0 Å². The number of halogens is 1. The normalized spacial score (nSPS) is 12.3. The van der Waals surface area contributed by atoms with Gasteiger partial charge in [-0.2, -0.15) is 9.61 Å². The van der Waals surface area contributed by atoms with E-state index in [4.69, 9.17) is 19.4 Å². The van der Waals surface area contributed by atoms with Gasteiger partial charge in [0, 0.05) is 49.2 Å². The molecule has 0 aliphatic rings. The van der Waals surface area contributed by atoms with Gasteiger partial charge in [0.1, 0.15) is 18.6 Å². The van der Waals surface area contributed by atoms with Crippen LogP contribution in [0.3, 0.4) is 0 Å². The van der Waals surface area contributed by atoms with E-state index in [1.54, 1.807) is 16.6 Å². The molecule has 9 nitrogen and oxygen atoms in total. The fourth-order valence-corrected chi connectivity index (χ4v) is 6.73. The van der Waals surface area contributed by atoms with E-state index in [1.807, 2.05) is 18.2 Å². The van der Waals surface area contributed by atoms with Crippen LogP contribution in [-0.4, -0.2) is 70.0 Å². The third-order valence-corrected chi connectivity index (χ3v) is 9.07. The zero-order valence-electron chi connectivity index (χ0n) is 19.6. The van der Waals surface area contributed by atoms with Gasteiger partial charge in [-0.05, 0) is 30.1 Å². The summed E-state index contributed by atoms with van der Waals surface area (Å²) in [5.41, 5.74) is 2.22. The molecule has 0 amide bonds. The highest BCUT2D eigenvalue weighted by molar-refractivity contribution is 7.93. The SMILES string of the molecule is [B]c1cnn2c(NCCCN(C)S(=O)(=O)c3ccccc3S(C)(=O)=O)cc(-c3ccccc3Cl)nc12. The molecule has 4 rings (SSSR count). The highest BCUT2D eigenvalue weighted by atomic mass is 35.5. The average molecular weight is 544 g/mol. The Labute approximate surface area is 216 Å². The first-order valence-corrected chi connectivity index (χ1v) is 14.6. The van der Waals surface area contributed by atoms with Gasteiger partial charge < -0.3 is 5.32 Å². The van der Waals surface area contributed by atoms with E-state index in [2.05, 4.69) is 15.4 Å². The Balaban J connectivity index is 1.51. The van der Waals surface area contributed by atoms with Gasteiger partial charge in [0.25, 0.3) is 0 Å². The predicted molar refractivity (Wildman–Crippen MR) is 141 cm³/mol. The van der Waals surface area contributed by atoms with Crippen LogP contribution in [0.5, 0.6) is 0 Å². The Morgan fingerprint density at radius 3 is 2.42 bits per heavy atom. The number of aromatic nitrogens is 3. The van der Waals surface area contributed by atoms with E-state index in [9.17, 15) is 16.8 Å². The molecule has 2 radical (unpaired) electrons. The Kier molecular flexibility index (Phi) is 7.42. The lowest BCUT2D eigenvalue weighted by Crippen LogP contribution is -2.30. The van der Waals surface area contributed by atoms with Crippen LogP contribution < -0.4 is 10.8 Å². The molecule has 4 aromatic rings. The number of nitrogens with one attached hydrogen (secondary N) is 1. The van der Waals surface area contributed by atoms with Crippen molar-refractivity contribution in [3.63, 3.8) is 0 Å². The molecule has 0 aliphatic heterocycles. The molecule has 0 fully saturated rings. The fraction of sp³-hybridized carbons (Fsp3) is 0.217. The maximum Gasteiger partial charge on any atom is 0.244 e. The summed E-state index contributed by atoms with van der Waals surface area (Å²) in [5, 5.41) is 8.07. The minimum atomic E-state index is -4.01. The van der Waals surface area contributed by atoms with E-state index in [-0.39, 0.29) is 16.3 Å². The van der Waals surface area contributed by atoms with Gasteiger partial charge in [-0.3, -0.25) is 0 Å². The molecule has 0 aliphatic carbocycles. The Hall–Kier alpha value is -2.93. The Morgan fingerprint density at radius 2 is 1.72 bits per heavy atom. The molecular weight excluding hydrogens is 521 g/mol. The van der Waals surface area contributed by atoms with E-state index >= 15 is 0 Å². The first-order valence-electron chi connectivity index (χ1n) is 10.9. The zero-order valence-corrected chi connectivity index (χ0v) is 22.0. The molecule has 36 heavy (non-hydrogen) atoms. The molecular formula is C23H23BClN5O4S2. The summed E-state index contributed by atoms with van der Waals surface area (Å²) < 4.78 is 53.0. The molecule has 0 spiro atoms. The molecule has 1 N–H and O–H groups in total. The monoisotopic (exact) mass is 543 g/mol. The summed E-state index contributed by atoms with van der Waals surface area (Å²) >= 11 is 6.36. The second-order valence-corrected chi connectivity index (χ2v) is 12.6. The van der Waals surface area contributed by atoms with Gasteiger partial charge in [-0.25, -0.2) is 26.1 Å². The van der Waals surface area contributed by atoms with E-state index in [0.29, 0.717) is 40.6 Å². The Morgan fingerprint density at radius 1 is 1.06 bits per heavy atom. The number of benzene rings is 2. The topological polar surface area (TPSA) is 114 Å². The van der Waals surface area contributed by atoms with E-state index in [0.717, 1.165) is 16.1 Å². The number of rotatable bonds is 9. The summed E-state index contributed by atoms with van der Waals surface area (Å²) in [6.45, 7) is 0.550. The maximum absolute atomic E-state index is 13.1. The zero-order chi connectivity index (χ0) is 26.1. The van der Waals surface area contributed by atoms with Crippen LogP contribution in [0.2, 0.25) is 5.02 Å². The Bertz CT molecular complexity index is 1640. The van der Waals surface area contributed by atoms with Crippen LogP contribution in [0.4, 0.5) is 5.82 Å². The highest BCUT2D eigenvalue weighted by Gasteiger charge is 2.27. The van der Waals surface area contributed by atoms with Crippen molar-refractivity contribution in [2.24, 2.45) is 0 Å². The number of hydrogen-bond donors (Lipinski definition) is 1. The van der Waals surface area contributed by atoms with Crippen molar-refractivity contribution in [3.05, 3.63) is 65.8 Å². The van der Waals surface area contributed by atoms with Crippen LogP contribution in [0, 0.1) is 0 Å². The summed E-state index contributed by atoms with van der Waals surface area (Å²) in [4.78, 5) is 4.13. The molecule has 13 heteroatoms. The van der Waals surface area contributed by atoms with Crippen LogP contribution in [-0.2, 0) is 19.9 Å². The van der Waals surface area contributed by atoms with Gasteiger partial charge >= 0.3 is 0 Å². The molecule has 186 valence electrons. The van der Waals surface area contributed by atoms with Crippen molar-refractivity contribution in [1.29, 1.82) is 0 Å². The minimum Gasteiger partial charge on any atom is -0.370 e. The molecule has 0 bridgehead atoms. The first kappa shape index (κ1) is 26.1. The van der Waals surface area contributed by atoms with Crippen LogP contribution in [0.25, 0.3) is 16.9 Å². The molecule has 0 saturated carbocycles. The molecule has 2 aromatic heterocycles. The van der Waals surface area contributed by atoms with Gasteiger partial charge in [-0.15, -0.1) is 0 Å². The minimum absolute atomic E-state index is 0.153. The van der Waals surface area contributed by atoms with Crippen molar-refractivity contribution < 1.29 is 16.8 Å². The van der Waals surface area contributed by atoms with Crippen molar-refractivity contribution in [3.8, 4) is 11.3 Å². The number of hydrogen-bond acceptors (Lipinski definition) is 7. The van der Waals surface area contributed by atoms with Crippen LogP contribution >= 0.6 is 11.6 Å². The van der Waals surface area contributed by atoms with Crippen LogP contribution in [0.15, 0.2) is 70.6 Å². The molecule has 0 saturated heterocycles. The number of nitrogens with zero attached hydrogens (tertiary/aromatic N) is 4. The lowest BCUT2D eigenvalue weighted by atomic mass is 10.0. The molecule has 0 unspecified atom stereocenters. The summed E-state index contributed by atoms with van der Waals surface area (Å²) in [6, 6.07) is 14.7. The summed E-state index contributed by atoms with van der Waals surface area (Å²) in [7, 11) is -0.256. The standard InChI is InChI=1S/C23H23BClN5O4S2/c1-29(36(33,34)21-11-6-5-10-20(21)35(2,31)32)13-7-12-26-22-14-19(16-8-3-4-9-18(16)25)28-23-17(24)15-27-30(22)23/h3-6,8-11,14-15,26H,7,12-13H2,1-2H3. The van der Waals surface area contributed by atoms with Crippen molar-refractivity contribution >= 4 is 56.2 Å². The smallest absolute Gasteiger partial charge is 0.244 e. The predicted octanol–water partition coefficient (Wildman–Crippen LogP) is 2.37. The first-order chi connectivity index (χ1) is 17.0. The van der Waals surface area contributed by atoms with Crippen LogP contribution in [0.1, 0.15) is 6.42 Å². The lowest BCUT2D eigenvalue weighted by Gasteiger charge is -2.19. The third-order valence-electron chi connectivity index (χ3n) is 5.54. The van der Waals surface area contributed by atoms with Gasteiger partial charge in [0.15, 0.2) is 15.5 Å². The average Bonchev–Trinajstić information content (AvgIpc) is 3.22. The van der Waals surface area contributed by atoms with Gasteiger partial charge in [0.05, 0.1) is 10.6 Å². The largest absolute Gasteiger partial charge is 0.370 e. The molecule has 2 aromatic carbocycles. The van der Waals surface area contributed by atoms with Crippen molar-refractivity contribution in [1.82, 2.24) is 18.9 Å². The third kappa shape index (κ3) is 5.26. The highest BCUT2D eigenvalue weighted by Crippen LogP contribution is 2.28. The number of sulfone groups is 1. The van der Waals surface area contributed by atoms with E-state index in [1.165, 1.54) is 37.5 Å². The molecule has 0 atom stereocenters.